The number of hydrogen-bond acceptors (Lipinski definition) is 4. The summed E-state index contributed by atoms with van der Waals surface area (Å²) in [5.41, 5.74) is 1.21. The van der Waals surface area contributed by atoms with Gasteiger partial charge >= 0.3 is 0 Å². The van der Waals surface area contributed by atoms with Gasteiger partial charge in [-0.2, -0.15) is 5.10 Å². The van der Waals surface area contributed by atoms with Crippen LogP contribution in [0.15, 0.2) is 18.5 Å². The Kier molecular flexibility index (Phi) is 6.10. The molecule has 4 rings (SSSR count). The number of rotatable bonds is 7. The highest BCUT2D eigenvalue weighted by atomic mass is 16.5. The number of imidazole rings is 1. The minimum atomic E-state index is -0.0120. The second-order valence-electron chi connectivity index (χ2n) is 8.08. The first-order valence-electron chi connectivity index (χ1n) is 10.6. The summed E-state index contributed by atoms with van der Waals surface area (Å²) in [5, 5.41) is 7.43. The molecule has 0 bridgehead atoms. The number of methoxy groups -OCH3 is 1. The summed E-state index contributed by atoms with van der Waals surface area (Å²) in [6.45, 7) is 2.39. The highest BCUT2D eigenvalue weighted by Gasteiger charge is 2.29. The molecule has 1 atom stereocenters. The van der Waals surface area contributed by atoms with E-state index in [1.165, 1.54) is 43.6 Å². The molecule has 0 radical (unpaired) electrons. The third-order valence-electron chi connectivity index (χ3n) is 6.09. The number of aryl methyl sites for hydroxylation is 1. The van der Waals surface area contributed by atoms with Crippen LogP contribution in [0.5, 0.6) is 0 Å². The Morgan fingerprint density at radius 3 is 2.96 bits per heavy atom. The average Bonchev–Trinajstić information content (AvgIpc) is 3.35. The summed E-state index contributed by atoms with van der Waals surface area (Å²) in [6.07, 6.45) is 12.9. The molecule has 28 heavy (non-hydrogen) atoms. The van der Waals surface area contributed by atoms with Crippen molar-refractivity contribution >= 4 is 11.7 Å². The molecular weight excluding hydrogens is 354 g/mol. The number of nitrogens with one attached hydrogen (secondary N) is 1. The van der Waals surface area contributed by atoms with Gasteiger partial charge in [-0.3, -0.25) is 9.48 Å². The predicted octanol–water partition coefficient (Wildman–Crippen LogP) is 3.36. The number of amides is 1. The standard InChI is InChI=1S/C21H31N5O2/c1-28-13-5-10-25-11-9-19(24-25)23-21(27)17-8-12-26-18(14-17)15-22-20(26)16-6-3-2-4-7-16/h9,11,15-17H,2-8,10,12-14H2,1H3,(H,23,24,27). The second-order valence-corrected chi connectivity index (χ2v) is 8.08. The highest BCUT2D eigenvalue weighted by molar-refractivity contribution is 5.91. The molecule has 0 aromatic carbocycles. The molecule has 1 aliphatic carbocycles. The van der Waals surface area contributed by atoms with Gasteiger partial charge in [0.2, 0.25) is 5.91 Å². The van der Waals surface area contributed by atoms with Gasteiger partial charge in [0.15, 0.2) is 5.82 Å². The lowest BCUT2D eigenvalue weighted by atomic mass is 9.88. The molecule has 2 aromatic heterocycles. The third-order valence-corrected chi connectivity index (χ3v) is 6.09. The van der Waals surface area contributed by atoms with Gasteiger partial charge in [0.25, 0.3) is 0 Å². The monoisotopic (exact) mass is 385 g/mol. The van der Waals surface area contributed by atoms with Crippen LogP contribution < -0.4 is 5.32 Å². The van der Waals surface area contributed by atoms with E-state index in [2.05, 4.69) is 15.0 Å². The lowest BCUT2D eigenvalue weighted by Crippen LogP contribution is -2.31. The van der Waals surface area contributed by atoms with E-state index in [-0.39, 0.29) is 11.8 Å². The normalized spacial score (nSPS) is 20.1. The quantitative estimate of drug-likeness (QED) is 0.742. The van der Waals surface area contributed by atoms with Crippen molar-refractivity contribution in [3.63, 3.8) is 0 Å². The van der Waals surface area contributed by atoms with E-state index < -0.39 is 0 Å². The molecule has 1 fully saturated rings. The van der Waals surface area contributed by atoms with Crippen molar-refractivity contribution < 1.29 is 9.53 Å². The molecule has 1 N–H and O–H groups in total. The Morgan fingerprint density at radius 2 is 2.14 bits per heavy atom. The van der Waals surface area contributed by atoms with E-state index >= 15 is 0 Å². The molecular formula is C21H31N5O2. The molecule has 2 aromatic rings. The van der Waals surface area contributed by atoms with Gasteiger partial charge in [0.05, 0.1) is 0 Å². The van der Waals surface area contributed by atoms with Gasteiger partial charge in [-0.25, -0.2) is 4.98 Å². The zero-order chi connectivity index (χ0) is 19.3. The van der Waals surface area contributed by atoms with Crippen molar-refractivity contribution in [3.05, 3.63) is 30.0 Å². The number of ether oxygens (including phenoxy) is 1. The van der Waals surface area contributed by atoms with Gasteiger partial charge < -0.3 is 14.6 Å². The molecule has 1 saturated carbocycles. The Hall–Kier alpha value is -2.15. The molecule has 1 amide bonds. The lowest BCUT2D eigenvalue weighted by Gasteiger charge is -2.27. The second kappa shape index (κ2) is 8.90. The van der Waals surface area contributed by atoms with Crippen LogP contribution in [-0.2, 0) is 29.0 Å². The average molecular weight is 386 g/mol. The Morgan fingerprint density at radius 1 is 1.29 bits per heavy atom. The molecule has 3 heterocycles. The van der Waals surface area contributed by atoms with Crippen LogP contribution in [-0.4, -0.2) is 39.0 Å². The fourth-order valence-electron chi connectivity index (χ4n) is 4.55. The van der Waals surface area contributed by atoms with E-state index in [9.17, 15) is 4.79 Å². The molecule has 1 unspecified atom stereocenters. The van der Waals surface area contributed by atoms with Gasteiger partial charge in [-0.1, -0.05) is 19.3 Å². The number of aromatic nitrogens is 4. The number of fused-ring (bicyclic) bond motifs is 1. The topological polar surface area (TPSA) is 74.0 Å². The summed E-state index contributed by atoms with van der Waals surface area (Å²) < 4.78 is 9.29. The van der Waals surface area contributed by atoms with Crippen LogP contribution in [0.25, 0.3) is 0 Å². The smallest absolute Gasteiger partial charge is 0.229 e. The fourth-order valence-corrected chi connectivity index (χ4v) is 4.55. The lowest BCUT2D eigenvalue weighted by molar-refractivity contribution is -0.120. The Labute approximate surface area is 166 Å². The number of nitrogens with zero attached hydrogens (tertiary/aromatic N) is 4. The van der Waals surface area contributed by atoms with E-state index in [0.717, 1.165) is 32.4 Å². The van der Waals surface area contributed by atoms with Crippen LogP contribution in [0, 0.1) is 5.92 Å². The highest BCUT2D eigenvalue weighted by Crippen LogP contribution is 2.34. The number of carbonyl (C=O) groups excluding carboxylic acids is 1. The predicted molar refractivity (Wildman–Crippen MR) is 107 cm³/mol. The van der Waals surface area contributed by atoms with Crippen LogP contribution >= 0.6 is 0 Å². The van der Waals surface area contributed by atoms with Crippen molar-refractivity contribution in [3.8, 4) is 0 Å². The summed E-state index contributed by atoms with van der Waals surface area (Å²) in [6, 6.07) is 1.86. The summed E-state index contributed by atoms with van der Waals surface area (Å²) >= 11 is 0. The maximum absolute atomic E-state index is 12.7. The zero-order valence-corrected chi connectivity index (χ0v) is 16.8. The van der Waals surface area contributed by atoms with E-state index in [4.69, 9.17) is 9.72 Å². The Bertz CT molecular complexity index is 791. The van der Waals surface area contributed by atoms with Gasteiger partial charge in [-0.15, -0.1) is 0 Å². The minimum absolute atomic E-state index is 0.0120. The van der Waals surface area contributed by atoms with Crippen molar-refractivity contribution in [1.29, 1.82) is 0 Å². The zero-order valence-electron chi connectivity index (χ0n) is 16.8. The van der Waals surface area contributed by atoms with Crippen LogP contribution in [0.4, 0.5) is 5.82 Å². The molecule has 1 aliphatic heterocycles. The van der Waals surface area contributed by atoms with Gasteiger partial charge in [0.1, 0.15) is 5.82 Å². The van der Waals surface area contributed by atoms with Crippen molar-refractivity contribution in [1.82, 2.24) is 19.3 Å². The van der Waals surface area contributed by atoms with Crippen molar-refractivity contribution in [2.24, 2.45) is 5.92 Å². The molecule has 0 spiro atoms. The molecule has 0 saturated heterocycles. The molecule has 2 aliphatic rings. The van der Waals surface area contributed by atoms with E-state index in [0.29, 0.717) is 18.3 Å². The maximum Gasteiger partial charge on any atom is 0.229 e. The molecule has 152 valence electrons. The largest absolute Gasteiger partial charge is 0.385 e. The maximum atomic E-state index is 12.7. The van der Waals surface area contributed by atoms with E-state index in [1.807, 2.05) is 23.1 Å². The van der Waals surface area contributed by atoms with Gasteiger partial charge in [0, 0.05) is 69.2 Å². The van der Waals surface area contributed by atoms with Crippen LogP contribution in [0.3, 0.4) is 0 Å². The fraction of sp³-hybridized carbons (Fsp3) is 0.667. The minimum Gasteiger partial charge on any atom is -0.385 e. The first kappa shape index (κ1) is 19.2. The summed E-state index contributed by atoms with van der Waals surface area (Å²) in [4.78, 5) is 17.5. The Balaban J connectivity index is 1.34. The van der Waals surface area contributed by atoms with Crippen molar-refractivity contribution in [2.45, 2.75) is 70.4 Å². The first-order valence-corrected chi connectivity index (χ1v) is 10.6. The number of carbonyl (C=O) groups is 1. The van der Waals surface area contributed by atoms with E-state index in [1.54, 1.807) is 7.11 Å². The first-order chi connectivity index (χ1) is 13.7. The number of hydrogen-bond donors (Lipinski definition) is 1. The summed E-state index contributed by atoms with van der Waals surface area (Å²) in [7, 11) is 1.70. The molecule has 7 nitrogen and oxygen atoms in total. The molecule has 7 heteroatoms. The number of anilines is 1. The third kappa shape index (κ3) is 4.29. The van der Waals surface area contributed by atoms with Crippen LogP contribution in [0.2, 0.25) is 0 Å². The summed E-state index contributed by atoms with van der Waals surface area (Å²) in [5.74, 6) is 2.54. The SMILES string of the molecule is COCCCn1ccc(NC(=O)C2CCn3c(cnc3C3CCCCC3)C2)n1. The van der Waals surface area contributed by atoms with Gasteiger partial charge in [-0.05, 0) is 25.7 Å². The van der Waals surface area contributed by atoms with Crippen molar-refractivity contribution in [2.75, 3.05) is 19.0 Å². The van der Waals surface area contributed by atoms with Crippen LogP contribution in [0.1, 0.15) is 62.4 Å².